The second kappa shape index (κ2) is 9.45. The number of nitrogens with zero attached hydrogens (tertiary/aromatic N) is 3. The zero-order valence-corrected chi connectivity index (χ0v) is 17.9. The van der Waals surface area contributed by atoms with Gasteiger partial charge in [-0.15, -0.1) is 16.8 Å². The Morgan fingerprint density at radius 1 is 1.20 bits per heavy atom. The highest BCUT2D eigenvalue weighted by atomic mass is 32.2. The second-order valence-corrected chi connectivity index (χ2v) is 7.63. The van der Waals surface area contributed by atoms with Crippen molar-refractivity contribution in [1.82, 2.24) is 20.1 Å². The fourth-order valence-electron chi connectivity index (χ4n) is 2.78. The van der Waals surface area contributed by atoms with Crippen molar-refractivity contribution >= 4 is 29.4 Å². The fraction of sp³-hybridized carbons (Fsp3) is 0.238. The van der Waals surface area contributed by atoms with Crippen LogP contribution in [0.1, 0.15) is 16.9 Å². The van der Waals surface area contributed by atoms with E-state index in [0.29, 0.717) is 23.2 Å². The minimum absolute atomic E-state index is 0.0139. The molecule has 0 atom stereocenters. The zero-order valence-electron chi connectivity index (χ0n) is 17.1. The van der Waals surface area contributed by atoms with Crippen molar-refractivity contribution in [2.45, 2.75) is 32.5 Å². The summed E-state index contributed by atoms with van der Waals surface area (Å²) in [5.74, 6) is 0.942. The van der Waals surface area contributed by atoms with Gasteiger partial charge in [-0.3, -0.25) is 14.7 Å². The number of rotatable bonds is 7. The molecule has 9 heteroatoms. The predicted molar refractivity (Wildman–Crippen MR) is 116 cm³/mol. The molecular weight excluding hydrogens is 402 g/mol. The number of carbonyl (C=O) groups excluding carboxylic acids is 2. The first-order valence-electron chi connectivity index (χ1n) is 9.28. The Kier molecular flexibility index (Phi) is 6.73. The lowest BCUT2D eigenvalue weighted by molar-refractivity contribution is -0.117. The fourth-order valence-corrected chi connectivity index (χ4v) is 3.53. The first-order valence-corrected chi connectivity index (χ1v) is 10.3. The van der Waals surface area contributed by atoms with Crippen LogP contribution in [0.15, 0.2) is 52.8 Å². The number of furan rings is 1. The maximum atomic E-state index is 12.2. The van der Waals surface area contributed by atoms with Gasteiger partial charge in [0.2, 0.25) is 5.91 Å². The lowest BCUT2D eigenvalue weighted by Gasteiger charge is -2.09. The summed E-state index contributed by atoms with van der Waals surface area (Å²) >= 11 is 1.19. The lowest BCUT2D eigenvalue weighted by atomic mass is 10.1. The standard InChI is InChI=1S/C21H23N5O3S/c1-5-9-26-19(17-8-10-29-15(17)4)24-25-21(26)30-12-18(27)23-20(28)22-16-7-6-13(2)14(3)11-16/h5-8,10-11H,1,9,12H2,2-4H3,(H2,22,23,27,28). The summed E-state index contributed by atoms with van der Waals surface area (Å²) in [4.78, 5) is 24.3. The number of thioether (sulfide) groups is 1. The summed E-state index contributed by atoms with van der Waals surface area (Å²) in [5.41, 5.74) is 3.64. The van der Waals surface area contributed by atoms with Crippen molar-refractivity contribution in [3.63, 3.8) is 0 Å². The van der Waals surface area contributed by atoms with Gasteiger partial charge in [0.15, 0.2) is 11.0 Å². The molecule has 0 bridgehead atoms. The molecule has 1 aromatic carbocycles. The predicted octanol–water partition coefficient (Wildman–Crippen LogP) is 4.09. The van der Waals surface area contributed by atoms with Crippen LogP contribution in [0.3, 0.4) is 0 Å². The van der Waals surface area contributed by atoms with Gasteiger partial charge in [0.05, 0.1) is 17.6 Å². The van der Waals surface area contributed by atoms with Gasteiger partial charge >= 0.3 is 6.03 Å². The number of carbonyl (C=O) groups is 2. The van der Waals surface area contributed by atoms with E-state index in [2.05, 4.69) is 27.4 Å². The molecule has 0 saturated carbocycles. The van der Waals surface area contributed by atoms with Gasteiger partial charge in [-0.2, -0.15) is 0 Å². The van der Waals surface area contributed by atoms with E-state index in [-0.39, 0.29) is 5.75 Å². The molecule has 2 heterocycles. The van der Waals surface area contributed by atoms with E-state index in [1.54, 1.807) is 18.4 Å². The summed E-state index contributed by atoms with van der Waals surface area (Å²) in [6, 6.07) is 6.79. The largest absolute Gasteiger partial charge is 0.469 e. The minimum atomic E-state index is -0.578. The van der Waals surface area contributed by atoms with Crippen LogP contribution in [0.5, 0.6) is 0 Å². The molecule has 30 heavy (non-hydrogen) atoms. The van der Waals surface area contributed by atoms with Gasteiger partial charge in [-0.25, -0.2) is 4.79 Å². The molecule has 0 aliphatic rings. The number of imide groups is 1. The number of aromatic nitrogens is 3. The molecule has 3 aromatic rings. The van der Waals surface area contributed by atoms with Crippen LogP contribution < -0.4 is 10.6 Å². The van der Waals surface area contributed by atoms with E-state index in [0.717, 1.165) is 22.5 Å². The lowest BCUT2D eigenvalue weighted by Crippen LogP contribution is -2.35. The number of urea groups is 1. The zero-order chi connectivity index (χ0) is 21.7. The maximum absolute atomic E-state index is 12.2. The Bertz CT molecular complexity index is 1090. The highest BCUT2D eigenvalue weighted by molar-refractivity contribution is 7.99. The minimum Gasteiger partial charge on any atom is -0.469 e. The number of nitrogens with one attached hydrogen (secondary N) is 2. The molecule has 0 spiro atoms. The average molecular weight is 426 g/mol. The molecule has 2 aromatic heterocycles. The van der Waals surface area contributed by atoms with E-state index >= 15 is 0 Å². The van der Waals surface area contributed by atoms with Gasteiger partial charge in [-0.1, -0.05) is 23.9 Å². The molecule has 8 nitrogen and oxygen atoms in total. The first kappa shape index (κ1) is 21.4. The highest BCUT2D eigenvalue weighted by Gasteiger charge is 2.18. The van der Waals surface area contributed by atoms with Crippen molar-refractivity contribution in [1.29, 1.82) is 0 Å². The third-order valence-corrected chi connectivity index (χ3v) is 5.45. The quantitative estimate of drug-likeness (QED) is 0.437. The van der Waals surface area contributed by atoms with Crippen LogP contribution in [0.4, 0.5) is 10.5 Å². The summed E-state index contributed by atoms with van der Waals surface area (Å²) in [7, 11) is 0. The molecule has 0 fully saturated rings. The van der Waals surface area contributed by atoms with Crippen molar-refractivity contribution in [3.05, 3.63) is 60.1 Å². The van der Waals surface area contributed by atoms with Gasteiger partial charge in [0.1, 0.15) is 5.76 Å². The van der Waals surface area contributed by atoms with Crippen LogP contribution in [-0.2, 0) is 11.3 Å². The summed E-state index contributed by atoms with van der Waals surface area (Å²) in [6.45, 7) is 10.0. The normalized spacial score (nSPS) is 10.6. The molecule has 2 N–H and O–H groups in total. The molecule has 3 rings (SSSR count). The third-order valence-electron chi connectivity index (χ3n) is 4.48. The van der Waals surface area contributed by atoms with Gasteiger partial charge < -0.3 is 9.73 Å². The Morgan fingerprint density at radius 3 is 2.67 bits per heavy atom. The van der Waals surface area contributed by atoms with Crippen LogP contribution >= 0.6 is 11.8 Å². The number of hydrogen-bond acceptors (Lipinski definition) is 6. The molecule has 156 valence electrons. The van der Waals surface area contributed by atoms with E-state index in [4.69, 9.17) is 4.42 Å². The van der Waals surface area contributed by atoms with Crippen LogP contribution in [0, 0.1) is 20.8 Å². The maximum Gasteiger partial charge on any atom is 0.325 e. The first-order chi connectivity index (χ1) is 14.4. The van der Waals surface area contributed by atoms with Crippen molar-refractivity contribution in [2.24, 2.45) is 0 Å². The molecule has 0 aliphatic heterocycles. The smallest absolute Gasteiger partial charge is 0.325 e. The molecule has 0 unspecified atom stereocenters. The number of benzene rings is 1. The average Bonchev–Trinajstić information content (AvgIpc) is 3.29. The van der Waals surface area contributed by atoms with Crippen molar-refractivity contribution in [3.8, 4) is 11.4 Å². The van der Waals surface area contributed by atoms with Crippen LogP contribution in [0.25, 0.3) is 11.4 Å². The SMILES string of the molecule is C=CCn1c(SCC(=O)NC(=O)Nc2ccc(C)c(C)c2)nnc1-c1ccoc1C. The van der Waals surface area contributed by atoms with E-state index in [1.165, 1.54) is 11.8 Å². The Balaban J connectivity index is 1.61. The van der Waals surface area contributed by atoms with E-state index in [9.17, 15) is 9.59 Å². The number of aryl methyl sites for hydroxylation is 3. The Labute approximate surface area is 178 Å². The summed E-state index contributed by atoms with van der Waals surface area (Å²) in [6.07, 6.45) is 3.31. The summed E-state index contributed by atoms with van der Waals surface area (Å²) < 4.78 is 7.19. The summed E-state index contributed by atoms with van der Waals surface area (Å²) in [5, 5.41) is 13.9. The molecule has 0 saturated heterocycles. The molecule has 0 aliphatic carbocycles. The Morgan fingerprint density at radius 2 is 2.00 bits per heavy atom. The third kappa shape index (κ3) is 4.98. The molecule has 3 amide bonds. The van der Waals surface area contributed by atoms with Crippen molar-refractivity contribution in [2.75, 3.05) is 11.1 Å². The topological polar surface area (TPSA) is 102 Å². The number of anilines is 1. The molecule has 0 radical (unpaired) electrons. The Hall–Kier alpha value is -3.33. The van der Waals surface area contributed by atoms with E-state index < -0.39 is 11.9 Å². The molecular formula is C21H23N5O3S. The van der Waals surface area contributed by atoms with Crippen LogP contribution in [-0.4, -0.2) is 32.5 Å². The number of hydrogen-bond donors (Lipinski definition) is 2. The number of allylic oxidation sites excluding steroid dienone is 1. The highest BCUT2D eigenvalue weighted by Crippen LogP contribution is 2.27. The van der Waals surface area contributed by atoms with Gasteiger partial charge in [-0.05, 0) is 50.1 Å². The van der Waals surface area contributed by atoms with Gasteiger partial charge in [0.25, 0.3) is 0 Å². The van der Waals surface area contributed by atoms with Crippen LogP contribution in [0.2, 0.25) is 0 Å². The second-order valence-electron chi connectivity index (χ2n) is 6.69. The van der Waals surface area contributed by atoms with E-state index in [1.807, 2.05) is 43.5 Å². The monoisotopic (exact) mass is 425 g/mol. The number of amides is 3. The van der Waals surface area contributed by atoms with Gasteiger partial charge in [0, 0.05) is 12.2 Å². The van der Waals surface area contributed by atoms with Crippen molar-refractivity contribution < 1.29 is 14.0 Å².